The van der Waals surface area contributed by atoms with E-state index in [-0.39, 0.29) is 5.91 Å². The van der Waals surface area contributed by atoms with Gasteiger partial charge < -0.3 is 9.88 Å². The number of aromatic nitrogens is 1. The Morgan fingerprint density at radius 1 is 1.59 bits per heavy atom. The minimum atomic E-state index is 0.0257. The fraction of sp³-hybridized carbons (Fsp3) is 0.615. The van der Waals surface area contributed by atoms with Crippen LogP contribution in [0.5, 0.6) is 0 Å². The van der Waals surface area contributed by atoms with Crippen molar-refractivity contribution in [2.45, 2.75) is 26.2 Å². The van der Waals surface area contributed by atoms with Gasteiger partial charge in [0, 0.05) is 24.3 Å². The summed E-state index contributed by atoms with van der Waals surface area (Å²) in [7, 11) is 1.89. The molecular weight excluding hydrogens is 280 g/mol. The lowest BCUT2D eigenvalue weighted by molar-refractivity contribution is 0.0939. The van der Waals surface area contributed by atoms with Gasteiger partial charge >= 0.3 is 0 Å². The summed E-state index contributed by atoms with van der Waals surface area (Å²) in [6.07, 6.45) is 5.69. The lowest BCUT2D eigenvalue weighted by Crippen LogP contribution is -2.29. The van der Waals surface area contributed by atoms with E-state index in [0.29, 0.717) is 11.6 Å². The zero-order valence-electron chi connectivity index (χ0n) is 10.4. The molecule has 0 radical (unpaired) electrons. The SMILES string of the molecule is CC1CCC(CNC(=O)c2cc(Br)cn2C)C1. The van der Waals surface area contributed by atoms with E-state index in [1.807, 2.05) is 23.9 Å². The van der Waals surface area contributed by atoms with Gasteiger partial charge in [0.15, 0.2) is 0 Å². The third-order valence-corrected chi connectivity index (χ3v) is 3.99. The van der Waals surface area contributed by atoms with E-state index in [1.165, 1.54) is 19.3 Å². The van der Waals surface area contributed by atoms with Crippen molar-refractivity contribution in [2.75, 3.05) is 6.54 Å². The Morgan fingerprint density at radius 2 is 2.35 bits per heavy atom. The van der Waals surface area contributed by atoms with Crippen molar-refractivity contribution in [3.8, 4) is 0 Å². The summed E-state index contributed by atoms with van der Waals surface area (Å²) in [6.45, 7) is 3.10. The number of rotatable bonds is 3. The van der Waals surface area contributed by atoms with Gasteiger partial charge in [-0.05, 0) is 46.7 Å². The number of aryl methyl sites for hydroxylation is 1. The molecule has 0 saturated heterocycles. The zero-order valence-corrected chi connectivity index (χ0v) is 12.0. The molecule has 1 N–H and O–H groups in total. The predicted molar refractivity (Wildman–Crippen MR) is 72.0 cm³/mol. The largest absolute Gasteiger partial charge is 0.350 e. The number of carbonyl (C=O) groups is 1. The molecule has 1 fully saturated rings. The van der Waals surface area contributed by atoms with Crippen molar-refractivity contribution >= 4 is 21.8 Å². The molecule has 1 saturated carbocycles. The van der Waals surface area contributed by atoms with Gasteiger partial charge in [0.25, 0.3) is 5.91 Å². The van der Waals surface area contributed by atoms with Crippen LogP contribution in [0, 0.1) is 11.8 Å². The molecule has 4 heteroatoms. The summed E-state index contributed by atoms with van der Waals surface area (Å²) < 4.78 is 2.79. The highest BCUT2D eigenvalue weighted by atomic mass is 79.9. The Labute approximate surface area is 111 Å². The molecule has 17 heavy (non-hydrogen) atoms. The third-order valence-electron chi connectivity index (χ3n) is 3.56. The highest BCUT2D eigenvalue weighted by Crippen LogP contribution is 2.29. The molecule has 1 aliphatic rings. The maximum Gasteiger partial charge on any atom is 0.267 e. The number of hydrogen-bond acceptors (Lipinski definition) is 1. The van der Waals surface area contributed by atoms with Crippen molar-refractivity contribution in [1.82, 2.24) is 9.88 Å². The third kappa shape index (κ3) is 3.12. The van der Waals surface area contributed by atoms with Crippen molar-refractivity contribution in [3.63, 3.8) is 0 Å². The fourth-order valence-corrected chi connectivity index (χ4v) is 3.11. The summed E-state index contributed by atoms with van der Waals surface area (Å²) >= 11 is 3.38. The van der Waals surface area contributed by atoms with E-state index < -0.39 is 0 Å². The number of carbonyl (C=O) groups excluding carboxylic acids is 1. The monoisotopic (exact) mass is 298 g/mol. The predicted octanol–water partition coefficient (Wildman–Crippen LogP) is 2.95. The standard InChI is InChI=1S/C13H19BrN2O/c1-9-3-4-10(5-9)7-15-13(17)12-6-11(14)8-16(12)2/h6,8-10H,3-5,7H2,1-2H3,(H,15,17). The Kier molecular flexibility index (Phi) is 3.92. The maximum absolute atomic E-state index is 12.0. The van der Waals surface area contributed by atoms with Gasteiger partial charge in [0.05, 0.1) is 0 Å². The molecule has 2 atom stereocenters. The first kappa shape index (κ1) is 12.7. The Hall–Kier alpha value is -0.770. The summed E-state index contributed by atoms with van der Waals surface area (Å²) in [5, 5.41) is 3.04. The summed E-state index contributed by atoms with van der Waals surface area (Å²) in [5.74, 6) is 1.51. The number of nitrogens with one attached hydrogen (secondary N) is 1. The molecule has 0 aliphatic heterocycles. The minimum Gasteiger partial charge on any atom is -0.350 e. The smallest absolute Gasteiger partial charge is 0.267 e. The van der Waals surface area contributed by atoms with Gasteiger partial charge in [-0.2, -0.15) is 0 Å². The summed E-state index contributed by atoms with van der Waals surface area (Å²) in [6, 6.07) is 1.85. The number of hydrogen-bond donors (Lipinski definition) is 1. The van der Waals surface area contributed by atoms with Gasteiger partial charge in [-0.25, -0.2) is 0 Å². The van der Waals surface area contributed by atoms with Crippen LogP contribution in [0.2, 0.25) is 0 Å². The van der Waals surface area contributed by atoms with Crippen LogP contribution in [0.3, 0.4) is 0 Å². The van der Waals surface area contributed by atoms with Crippen LogP contribution < -0.4 is 5.32 Å². The van der Waals surface area contributed by atoms with E-state index in [4.69, 9.17) is 0 Å². The van der Waals surface area contributed by atoms with E-state index >= 15 is 0 Å². The fourth-order valence-electron chi connectivity index (χ4n) is 2.59. The quantitative estimate of drug-likeness (QED) is 0.915. The van der Waals surface area contributed by atoms with Crippen LogP contribution >= 0.6 is 15.9 Å². The van der Waals surface area contributed by atoms with Crippen LogP contribution in [0.4, 0.5) is 0 Å². The van der Waals surface area contributed by atoms with Crippen molar-refractivity contribution in [1.29, 1.82) is 0 Å². The molecule has 3 nitrogen and oxygen atoms in total. The molecule has 1 amide bonds. The van der Waals surface area contributed by atoms with Crippen LogP contribution in [0.15, 0.2) is 16.7 Å². The van der Waals surface area contributed by atoms with Crippen LogP contribution in [0.1, 0.15) is 36.7 Å². The Balaban J connectivity index is 1.87. The second-order valence-corrected chi connectivity index (χ2v) is 6.06. The molecular formula is C13H19BrN2O. The van der Waals surface area contributed by atoms with E-state index in [9.17, 15) is 4.79 Å². The molecule has 1 aromatic heterocycles. The highest BCUT2D eigenvalue weighted by molar-refractivity contribution is 9.10. The first-order chi connectivity index (χ1) is 8.06. The molecule has 1 heterocycles. The second-order valence-electron chi connectivity index (χ2n) is 5.15. The van der Waals surface area contributed by atoms with Crippen molar-refractivity contribution in [3.05, 3.63) is 22.4 Å². The molecule has 0 spiro atoms. The molecule has 1 aliphatic carbocycles. The average Bonchev–Trinajstić information content (AvgIpc) is 2.81. The van der Waals surface area contributed by atoms with Gasteiger partial charge in [-0.1, -0.05) is 13.3 Å². The lowest BCUT2D eigenvalue weighted by Gasteiger charge is -2.11. The number of nitrogens with zero attached hydrogens (tertiary/aromatic N) is 1. The van der Waals surface area contributed by atoms with Crippen molar-refractivity contribution < 1.29 is 4.79 Å². The zero-order chi connectivity index (χ0) is 12.4. The topological polar surface area (TPSA) is 34.0 Å². The van der Waals surface area contributed by atoms with Gasteiger partial charge in [0.2, 0.25) is 0 Å². The molecule has 0 bridgehead atoms. The molecule has 2 unspecified atom stereocenters. The lowest BCUT2D eigenvalue weighted by atomic mass is 10.1. The first-order valence-electron chi connectivity index (χ1n) is 6.16. The molecule has 2 rings (SSSR count). The average molecular weight is 299 g/mol. The van der Waals surface area contributed by atoms with E-state index in [1.54, 1.807) is 0 Å². The second kappa shape index (κ2) is 5.25. The van der Waals surface area contributed by atoms with Gasteiger partial charge in [0.1, 0.15) is 5.69 Å². The Morgan fingerprint density at radius 3 is 2.88 bits per heavy atom. The van der Waals surface area contributed by atoms with Gasteiger partial charge in [-0.15, -0.1) is 0 Å². The molecule has 1 aromatic rings. The van der Waals surface area contributed by atoms with Crippen LogP contribution in [-0.4, -0.2) is 17.0 Å². The molecule has 94 valence electrons. The van der Waals surface area contributed by atoms with E-state index in [0.717, 1.165) is 16.9 Å². The first-order valence-corrected chi connectivity index (χ1v) is 6.95. The molecule has 0 aromatic carbocycles. The summed E-state index contributed by atoms with van der Waals surface area (Å²) in [4.78, 5) is 12.0. The summed E-state index contributed by atoms with van der Waals surface area (Å²) in [5.41, 5.74) is 0.711. The van der Waals surface area contributed by atoms with Crippen molar-refractivity contribution in [2.24, 2.45) is 18.9 Å². The normalized spacial score (nSPS) is 23.9. The van der Waals surface area contributed by atoms with Gasteiger partial charge in [-0.3, -0.25) is 4.79 Å². The van der Waals surface area contributed by atoms with E-state index in [2.05, 4.69) is 28.2 Å². The Bertz CT molecular complexity index is 414. The number of amides is 1. The van der Waals surface area contributed by atoms with Crippen LogP contribution in [-0.2, 0) is 7.05 Å². The van der Waals surface area contributed by atoms with Crippen LogP contribution in [0.25, 0.3) is 0 Å². The highest BCUT2D eigenvalue weighted by Gasteiger charge is 2.22. The maximum atomic E-state index is 12.0. The number of halogens is 1. The minimum absolute atomic E-state index is 0.0257.